The lowest BCUT2D eigenvalue weighted by atomic mass is 9.78. The van der Waals surface area contributed by atoms with Crippen LogP contribution in [0.4, 0.5) is 17.6 Å². The van der Waals surface area contributed by atoms with Gasteiger partial charge < -0.3 is 23.5 Å². The van der Waals surface area contributed by atoms with Gasteiger partial charge in [-0.3, -0.25) is 4.57 Å². The molecule has 14 heteroatoms. The predicted molar refractivity (Wildman–Crippen MR) is 134 cm³/mol. The van der Waals surface area contributed by atoms with Crippen LogP contribution >= 0.6 is 0 Å². The van der Waals surface area contributed by atoms with Crippen molar-refractivity contribution in [1.82, 2.24) is 14.3 Å². The van der Waals surface area contributed by atoms with Gasteiger partial charge in [-0.05, 0) is 66.9 Å². The van der Waals surface area contributed by atoms with E-state index in [0.29, 0.717) is 13.0 Å². The van der Waals surface area contributed by atoms with Gasteiger partial charge in [0, 0.05) is 24.7 Å². The van der Waals surface area contributed by atoms with Gasteiger partial charge in [0.05, 0.1) is 11.2 Å². The Morgan fingerprint density at radius 2 is 1.85 bits per heavy atom. The van der Waals surface area contributed by atoms with Crippen molar-refractivity contribution >= 4 is 12.6 Å². The molecule has 0 radical (unpaired) electrons. The zero-order chi connectivity index (χ0) is 28.8. The summed E-state index contributed by atoms with van der Waals surface area (Å²) in [4.78, 5) is 13.2. The van der Waals surface area contributed by atoms with E-state index < -0.39 is 48.4 Å². The third-order valence-corrected chi connectivity index (χ3v) is 7.37. The molecule has 1 unspecified atom stereocenters. The van der Waals surface area contributed by atoms with Gasteiger partial charge in [0.2, 0.25) is 0 Å². The minimum Gasteiger partial charge on any atom is -0.482 e. The molecule has 2 aromatic rings. The molecule has 0 amide bonds. The lowest BCUT2D eigenvalue weighted by molar-refractivity contribution is -0.189. The Bertz CT molecular complexity index is 1220. The van der Waals surface area contributed by atoms with E-state index in [1.54, 1.807) is 34.6 Å². The smallest absolute Gasteiger partial charge is 0.482 e. The Morgan fingerprint density at radius 1 is 1.18 bits per heavy atom. The van der Waals surface area contributed by atoms with Crippen LogP contribution in [0.25, 0.3) is 5.69 Å². The van der Waals surface area contributed by atoms with E-state index in [2.05, 4.69) is 5.10 Å². The zero-order valence-corrected chi connectivity index (χ0v) is 22.9. The first-order valence-electron chi connectivity index (χ1n) is 13.0. The third kappa shape index (κ3) is 6.03. The summed E-state index contributed by atoms with van der Waals surface area (Å²) in [5.41, 5.74) is -2.82. The SMILES string of the molecule is CCn1c(COC2CCCCO2)nn(-c2cc(O[C@@H](C)C(F)(F)F)c(B3OC(C)(C)C(C)(C)O3)cc2F)c1=O. The number of benzene rings is 1. The fourth-order valence-electron chi connectivity index (χ4n) is 4.26. The van der Waals surface area contributed by atoms with E-state index in [4.69, 9.17) is 23.5 Å². The van der Waals surface area contributed by atoms with Gasteiger partial charge in [0.15, 0.2) is 18.2 Å². The number of aromatic nitrogens is 3. The molecule has 39 heavy (non-hydrogen) atoms. The van der Waals surface area contributed by atoms with E-state index in [-0.39, 0.29) is 35.9 Å². The molecule has 2 aliphatic rings. The summed E-state index contributed by atoms with van der Waals surface area (Å²) < 4.78 is 86.4. The van der Waals surface area contributed by atoms with Crippen LogP contribution in [0.5, 0.6) is 5.75 Å². The van der Waals surface area contributed by atoms with Crippen molar-refractivity contribution in [2.75, 3.05) is 6.61 Å². The van der Waals surface area contributed by atoms with Gasteiger partial charge in [0.1, 0.15) is 23.9 Å². The molecule has 1 aromatic heterocycles. The first-order chi connectivity index (χ1) is 18.1. The van der Waals surface area contributed by atoms with Crippen LogP contribution in [0.15, 0.2) is 16.9 Å². The molecule has 0 aliphatic carbocycles. The van der Waals surface area contributed by atoms with Crippen LogP contribution < -0.4 is 15.9 Å². The van der Waals surface area contributed by atoms with Gasteiger partial charge >= 0.3 is 19.0 Å². The molecule has 2 saturated heterocycles. The van der Waals surface area contributed by atoms with Crippen LogP contribution in [0.3, 0.4) is 0 Å². The zero-order valence-electron chi connectivity index (χ0n) is 22.9. The molecule has 0 N–H and O–H groups in total. The highest BCUT2D eigenvalue weighted by Crippen LogP contribution is 2.38. The second-order valence-electron chi connectivity index (χ2n) is 10.7. The molecule has 2 atom stereocenters. The van der Waals surface area contributed by atoms with Crippen molar-refractivity contribution in [1.29, 1.82) is 0 Å². The van der Waals surface area contributed by atoms with Crippen LogP contribution in [0.2, 0.25) is 0 Å². The summed E-state index contributed by atoms with van der Waals surface area (Å²) in [7, 11) is -1.21. The van der Waals surface area contributed by atoms with Crippen molar-refractivity contribution in [2.45, 2.75) is 104 Å². The summed E-state index contributed by atoms with van der Waals surface area (Å²) in [6.45, 7) is 10.3. The fraction of sp³-hybridized carbons (Fsp3) is 0.680. The first-order valence-corrected chi connectivity index (χ1v) is 13.0. The molecule has 3 heterocycles. The van der Waals surface area contributed by atoms with Crippen LogP contribution in [0, 0.1) is 5.82 Å². The summed E-state index contributed by atoms with van der Waals surface area (Å²) in [5.74, 6) is -1.05. The van der Waals surface area contributed by atoms with E-state index in [9.17, 15) is 18.0 Å². The van der Waals surface area contributed by atoms with Crippen LogP contribution in [-0.2, 0) is 31.9 Å². The Labute approximate surface area is 224 Å². The highest BCUT2D eigenvalue weighted by atomic mass is 19.4. The van der Waals surface area contributed by atoms with Crippen molar-refractivity contribution < 1.29 is 41.1 Å². The number of hydrogen-bond donors (Lipinski definition) is 0. The molecule has 0 spiro atoms. The topological polar surface area (TPSA) is 86.0 Å². The fourth-order valence-corrected chi connectivity index (χ4v) is 4.26. The molecule has 9 nitrogen and oxygen atoms in total. The summed E-state index contributed by atoms with van der Waals surface area (Å²) in [6.07, 6.45) is -4.80. The molecule has 2 fully saturated rings. The van der Waals surface area contributed by atoms with Gasteiger partial charge in [-0.2, -0.15) is 17.9 Å². The molecule has 0 bridgehead atoms. The summed E-state index contributed by atoms with van der Waals surface area (Å²) in [6, 6.07) is 1.97. The van der Waals surface area contributed by atoms with Gasteiger partial charge in [0.25, 0.3) is 0 Å². The molecule has 2 aliphatic heterocycles. The number of alkyl halides is 3. The van der Waals surface area contributed by atoms with Crippen molar-refractivity contribution in [2.24, 2.45) is 0 Å². The average Bonchev–Trinajstić information content (AvgIpc) is 3.28. The number of ether oxygens (including phenoxy) is 3. The highest BCUT2D eigenvalue weighted by Gasteiger charge is 2.53. The van der Waals surface area contributed by atoms with Gasteiger partial charge in [-0.25, -0.2) is 9.18 Å². The number of halogens is 4. The number of hydrogen-bond acceptors (Lipinski definition) is 7. The molecular weight excluding hydrogens is 525 g/mol. The largest absolute Gasteiger partial charge is 0.498 e. The monoisotopic (exact) mass is 559 g/mol. The lowest BCUT2D eigenvalue weighted by Crippen LogP contribution is -2.41. The van der Waals surface area contributed by atoms with E-state index in [0.717, 1.165) is 36.6 Å². The highest BCUT2D eigenvalue weighted by molar-refractivity contribution is 6.63. The van der Waals surface area contributed by atoms with E-state index >= 15 is 4.39 Å². The molecule has 0 saturated carbocycles. The second kappa shape index (κ2) is 10.9. The Kier molecular flexibility index (Phi) is 8.24. The van der Waals surface area contributed by atoms with Gasteiger partial charge in [-0.15, -0.1) is 5.10 Å². The quantitative estimate of drug-likeness (QED) is 0.359. The second-order valence-corrected chi connectivity index (χ2v) is 10.7. The molecule has 4 rings (SSSR count). The standard InChI is InChI=1S/C25H34BF4N3O6/c1-7-32-20(14-36-21-10-8-9-11-35-21)31-33(22(32)34)18-13-19(37-15(2)25(28,29)30)16(12-17(18)27)26-38-23(3,4)24(5,6)39-26/h12-13,15,21H,7-11,14H2,1-6H3/t15-,21?/m0/s1. The molecule has 1 aromatic carbocycles. The third-order valence-electron chi connectivity index (χ3n) is 7.37. The predicted octanol–water partition coefficient (Wildman–Crippen LogP) is 3.87. The van der Waals surface area contributed by atoms with E-state index in [1.165, 1.54) is 4.57 Å². The maximum Gasteiger partial charge on any atom is 0.498 e. The molecule has 216 valence electrons. The molecular formula is C25H34BF4N3O6. The van der Waals surface area contributed by atoms with Crippen molar-refractivity contribution in [3.8, 4) is 11.4 Å². The average molecular weight is 559 g/mol. The summed E-state index contributed by atoms with van der Waals surface area (Å²) in [5, 5.41) is 4.24. The van der Waals surface area contributed by atoms with Crippen molar-refractivity contribution in [3.05, 3.63) is 34.3 Å². The summed E-state index contributed by atoms with van der Waals surface area (Å²) >= 11 is 0. The Balaban J connectivity index is 1.74. The maximum atomic E-state index is 15.6. The van der Waals surface area contributed by atoms with Crippen molar-refractivity contribution in [3.63, 3.8) is 0 Å². The minimum atomic E-state index is -4.70. The first kappa shape index (κ1) is 29.6. The Hall–Kier alpha value is -2.42. The Morgan fingerprint density at radius 3 is 2.41 bits per heavy atom. The number of nitrogens with zero attached hydrogens (tertiary/aromatic N) is 3. The van der Waals surface area contributed by atoms with Crippen LogP contribution in [0.1, 0.15) is 66.6 Å². The van der Waals surface area contributed by atoms with E-state index in [1.807, 2.05) is 0 Å². The van der Waals surface area contributed by atoms with Crippen LogP contribution in [-0.4, -0.2) is 57.8 Å². The normalized spacial score (nSPS) is 21.8. The number of rotatable bonds is 8. The lowest BCUT2D eigenvalue weighted by Gasteiger charge is -2.32. The van der Waals surface area contributed by atoms with Gasteiger partial charge in [-0.1, -0.05) is 0 Å². The maximum absolute atomic E-state index is 15.6. The minimum absolute atomic E-state index is 0.0666.